The Bertz CT molecular complexity index is 673. The third-order valence-electron chi connectivity index (χ3n) is 6.55. The predicted molar refractivity (Wildman–Crippen MR) is 110 cm³/mol. The van der Waals surface area contributed by atoms with Crippen molar-refractivity contribution < 1.29 is 33.6 Å². The molecule has 168 valence electrons. The van der Waals surface area contributed by atoms with E-state index in [0.29, 0.717) is 6.61 Å². The lowest BCUT2D eigenvalue weighted by Crippen LogP contribution is -2.62. The molecule has 1 aromatic rings. The van der Waals surface area contributed by atoms with Gasteiger partial charge in [-0.05, 0) is 24.8 Å². The molecule has 1 N–H and O–H groups in total. The van der Waals surface area contributed by atoms with Crippen molar-refractivity contribution >= 4 is 5.97 Å². The maximum atomic E-state index is 11.9. The van der Waals surface area contributed by atoms with Crippen LogP contribution in [0, 0.1) is 17.8 Å². The molecule has 7 atom stereocenters. The van der Waals surface area contributed by atoms with Gasteiger partial charge in [0.15, 0.2) is 5.79 Å². The Morgan fingerprint density at radius 1 is 1.30 bits per heavy atom. The highest BCUT2D eigenvalue weighted by molar-refractivity contribution is 5.70. The molecular weight excluding hydrogens is 388 g/mol. The van der Waals surface area contributed by atoms with Gasteiger partial charge in [-0.25, -0.2) is 0 Å². The third-order valence-corrected chi connectivity index (χ3v) is 6.55. The van der Waals surface area contributed by atoms with Gasteiger partial charge in [-0.1, -0.05) is 44.2 Å². The molecule has 30 heavy (non-hydrogen) atoms. The number of carbonyl (C=O) groups is 1. The highest BCUT2D eigenvalue weighted by atomic mass is 16.7. The summed E-state index contributed by atoms with van der Waals surface area (Å²) in [6.07, 6.45) is 0.00758. The number of methoxy groups -OCH3 is 1. The van der Waals surface area contributed by atoms with E-state index >= 15 is 0 Å². The van der Waals surface area contributed by atoms with E-state index in [1.165, 1.54) is 0 Å². The third kappa shape index (κ3) is 4.86. The number of ether oxygens (including phenoxy) is 5. The monoisotopic (exact) mass is 422 g/mol. The number of carboxylic acid groups (broad SMARTS) is 1. The number of carboxylic acids is 1. The van der Waals surface area contributed by atoms with Gasteiger partial charge in [-0.15, -0.1) is 0 Å². The fourth-order valence-electron chi connectivity index (χ4n) is 4.55. The molecule has 3 rings (SSSR count). The van der Waals surface area contributed by atoms with Crippen molar-refractivity contribution in [2.24, 2.45) is 17.8 Å². The Balaban J connectivity index is 1.89. The SMILES string of the molecule is COCO[C@@H]1[C@@H](C)[C@H](C)[C@@]2(CCCO2)O[C@H]1[C@@H](OCc1ccccc1)[C@H](C)C(=O)O. The minimum atomic E-state index is -0.935. The number of hydrogen-bond donors (Lipinski definition) is 1. The molecule has 2 aliphatic rings. The van der Waals surface area contributed by atoms with E-state index in [2.05, 4.69) is 13.8 Å². The minimum absolute atomic E-state index is 0.0702. The fourth-order valence-corrected chi connectivity index (χ4v) is 4.55. The summed E-state index contributed by atoms with van der Waals surface area (Å²) in [5.74, 6) is -2.29. The summed E-state index contributed by atoms with van der Waals surface area (Å²) in [7, 11) is 1.57. The van der Waals surface area contributed by atoms with Crippen molar-refractivity contribution in [1.29, 1.82) is 0 Å². The molecule has 0 saturated carbocycles. The molecule has 0 unspecified atom stereocenters. The van der Waals surface area contributed by atoms with Crippen LogP contribution in [0.4, 0.5) is 0 Å². The average molecular weight is 423 g/mol. The molecule has 0 bridgehead atoms. The van der Waals surface area contributed by atoms with Crippen LogP contribution in [-0.2, 0) is 35.1 Å². The van der Waals surface area contributed by atoms with Gasteiger partial charge in [-0.2, -0.15) is 0 Å². The lowest BCUT2D eigenvalue weighted by atomic mass is 9.76. The van der Waals surface area contributed by atoms with Gasteiger partial charge in [-0.3, -0.25) is 4.79 Å². The Kier molecular flexibility index (Phi) is 7.87. The zero-order chi connectivity index (χ0) is 21.7. The van der Waals surface area contributed by atoms with Crippen LogP contribution in [-0.4, -0.2) is 55.7 Å². The standard InChI is InChI=1S/C23H34O7/c1-15-17(3)23(11-8-12-29-23)30-21(19(15)28-14-26-4)20(16(2)22(24)25)27-13-18-9-6-5-7-10-18/h5-7,9-10,15-17,19-21H,8,11-14H2,1-4H3,(H,24,25)/t15-,16-,17-,19+,20-,21+,23+/m0/s1. The molecule has 0 aliphatic carbocycles. The lowest BCUT2D eigenvalue weighted by Gasteiger charge is -2.51. The molecule has 2 saturated heterocycles. The van der Waals surface area contributed by atoms with Crippen LogP contribution in [0.5, 0.6) is 0 Å². The largest absolute Gasteiger partial charge is 0.481 e. The molecule has 2 aliphatic heterocycles. The molecule has 0 aromatic heterocycles. The maximum Gasteiger partial charge on any atom is 0.308 e. The maximum absolute atomic E-state index is 11.9. The van der Waals surface area contributed by atoms with Crippen LogP contribution >= 0.6 is 0 Å². The molecule has 2 heterocycles. The van der Waals surface area contributed by atoms with Gasteiger partial charge in [0.1, 0.15) is 12.9 Å². The van der Waals surface area contributed by atoms with Crippen molar-refractivity contribution in [3.05, 3.63) is 35.9 Å². The minimum Gasteiger partial charge on any atom is -0.481 e. The van der Waals surface area contributed by atoms with Crippen molar-refractivity contribution in [3.63, 3.8) is 0 Å². The second-order valence-electron chi connectivity index (χ2n) is 8.42. The van der Waals surface area contributed by atoms with Crippen LogP contribution in [0.1, 0.15) is 39.2 Å². The van der Waals surface area contributed by atoms with Crippen LogP contribution in [0.25, 0.3) is 0 Å². The molecule has 0 amide bonds. The second-order valence-corrected chi connectivity index (χ2v) is 8.42. The molecular formula is C23H34O7. The smallest absolute Gasteiger partial charge is 0.308 e. The molecule has 1 aromatic carbocycles. The lowest BCUT2D eigenvalue weighted by molar-refractivity contribution is -0.347. The summed E-state index contributed by atoms with van der Waals surface area (Å²) in [4.78, 5) is 11.9. The van der Waals surface area contributed by atoms with E-state index in [1.807, 2.05) is 30.3 Å². The molecule has 7 heteroatoms. The fraction of sp³-hybridized carbons (Fsp3) is 0.696. The first-order valence-electron chi connectivity index (χ1n) is 10.7. The van der Waals surface area contributed by atoms with Gasteiger partial charge >= 0.3 is 5.97 Å². The van der Waals surface area contributed by atoms with E-state index < -0.39 is 29.9 Å². The van der Waals surface area contributed by atoms with Crippen molar-refractivity contribution in [1.82, 2.24) is 0 Å². The van der Waals surface area contributed by atoms with E-state index in [1.54, 1.807) is 14.0 Å². The van der Waals surface area contributed by atoms with Crippen LogP contribution in [0.3, 0.4) is 0 Å². The summed E-state index contributed by atoms with van der Waals surface area (Å²) in [6.45, 7) is 6.89. The highest BCUT2D eigenvalue weighted by Crippen LogP contribution is 2.47. The molecule has 1 spiro atoms. The van der Waals surface area contributed by atoms with Crippen LogP contribution in [0.15, 0.2) is 30.3 Å². The molecule has 2 fully saturated rings. The second kappa shape index (κ2) is 10.2. The summed E-state index contributed by atoms with van der Waals surface area (Å²) in [5.41, 5.74) is 0.971. The van der Waals surface area contributed by atoms with Crippen molar-refractivity contribution in [2.75, 3.05) is 20.5 Å². The normalized spacial score (nSPS) is 33.5. The van der Waals surface area contributed by atoms with E-state index in [9.17, 15) is 9.90 Å². The Labute approximate surface area is 178 Å². The molecule has 0 radical (unpaired) electrons. The van der Waals surface area contributed by atoms with Gasteiger partial charge < -0.3 is 28.8 Å². The predicted octanol–water partition coefficient (Wildman–Crippen LogP) is 3.46. The van der Waals surface area contributed by atoms with Crippen molar-refractivity contribution in [3.8, 4) is 0 Å². The molecule has 7 nitrogen and oxygen atoms in total. The zero-order valence-corrected chi connectivity index (χ0v) is 18.3. The van der Waals surface area contributed by atoms with Gasteiger partial charge in [0.05, 0.1) is 31.3 Å². The summed E-state index contributed by atoms with van der Waals surface area (Å²) in [5, 5.41) is 9.79. The van der Waals surface area contributed by atoms with Gasteiger partial charge in [0.2, 0.25) is 0 Å². The summed E-state index contributed by atoms with van der Waals surface area (Å²) < 4.78 is 30.0. The number of hydrogen-bond acceptors (Lipinski definition) is 6. The number of aliphatic carboxylic acids is 1. The van der Waals surface area contributed by atoms with E-state index in [-0.39, 0.29) is 31.3 Å². The number of rotatable bonds is 9. The first-order chi connectivity index (χ1) is 14.4. The van der Waals surface area contributed by atoms with E-state index in [4.69, 9.17) is 23.7 Å². The Morgan fingerprint density at radius 3 is 2.63 bits per heavy atom. The first kappa shape index (κ1) is 23.2. The summed E-state index contributed by atoms with van der Waals surface area (Å²) >= 11 is 0. The van der Waals surface area contributed by atoms with Crippen LogP contribution in [0.2, 0.25) is 0 Å². The Morgan fingerprint density at radius 2 is 2.03 bits per heavy atom. The van der Waals surface area contributed by atoms with Gasteiger partial charge in [0, 0.05) is 19.4 Å². The van der Waals surface area contributed by atoms with E-state index in [0.717, 1.165) is 18.4 Å². The quantitative estimate of drug-likeness (QED) is 0.610. The highest BCUT2D eigenvalue weighted by Gasteiger charge is 2.56. The van der Waals surface area contributed by atoms with Gasteiger partial charge in [0.25, 0.3) is 0 Å². The topological polar surface area (TPSA) is 83.5 Å². The first-order valence-corrected chi connectivity index (χ1v) is 10.7. The van der Waals surface area contributed by atoms with Crippen LogP contribution < -0.4 is 0 Å². The Hall–Kier alpha value is -1.51. The average Bonchev–Trinajstić information content (AvgIpc) is 3.22. The number of benzene rings is 1. The van der Waals surface area contributed by atoms with Crippen molar-refractivity contribution in [2.45, 2.75) is 64.3 Å². The summed E-state index contributed by atoms with van der Waals surface area (Å²) in [6, 6.07) is 9.71. The zero-order valence-electron chi connectivity index (χ0n) is 18.3.